The van der Waals surface area contributed by atoms with E-state index in [4.69, 9.17) is 9.47 Å². The summed E-state index contributed by atoms with van der Waals surface area (Å²) in [5, 5.41) is 16.2. The maximum absolute atomic E-state index is 13.7. The molecule has 0 atom stereocenters. The minimum atomic E-state index is -4.73. The number of nitro benzene ring substituents is 1. The highest BCUT2D eigenvalue weighted by Gasteiger charge is 2.37. The summed E-state index contributed by atoms with van der Waals surface area (Å²) in [4.78, 5) is 15.1. The first-order valence-electron chi connectivity index (χ1n) is 11.8. The monoisotopic (exact) mass is 564 g/mol. The van der Waals surface area contributed by atoms with Crippen LogP contribution in [0.5, 0.6) is 11.5 Å². The van der Waals surface area contributed by atoms with Gasteiger partial charge in [0.2, 0.25) is 5.75 Å². The first kappa shape index (κ1) is 26.8. The second-order valence-corrected chi connectivity index (χ2v) is 9.23. The summed E-state index contributed by atoms with van der Waals surface area (Å²) in [6.45, 7) is 0.0863. The molecule has 0 fully saturated rings. The van der Waals surface area contributed by atoms with Crippen molar-refractivity contribution < 1.29 is 27.6 Å². The van der Waals surface area contributed by atoms with Crippen LogP contribution in [0.1, 0.15) is 16.8 Å². The molecule has 0 saturated heterocycles. The predicted octanol–water partition coefficient (Wildman–Crippen LogP) is 7.35. The molecule has 0 saturated carbocycles. The molecule has 0 radical (unpaired) electrons. The lowest BCUT2D eigenvalue weighted by Gasteiger charge is -2.15. The maximum atomic E-state index is 13.7. The molecule has 0 aliphatic carbocycles. The van der Waals surface area contributed by atoms with Gasteiger partial charge in [0.15, 0.2) is 11.4 Å². The third-order valence-corrected chi connectivity index (χ3v) is 6.54. The largest absolute Gasteiger partial charge is 0.485 e. The topological polar surface area (TPSA) is 100 Å². The Hall–Kier alpha value is -4.84. The van der Waals surface area contributed by atoms with Gasteiger partial charge >= 0.3 is 11.9 Å². The van der Waals surface area contributed by atoms with Crippen LogP contribution in [0, 0.1) is 10.1 Å². The van der Waals surface area contributed by atoms with Crippen LogP contribution in [0.3, 0.4) is 0 Å². The van der Waals surface area contributed by atoms with Crippen LogP contribution < -0.4 is 9.47 Å². The molecule has 2 aromatic heterocycles. The Labute approximate surface area is 230 Å². The SMILES string of the molecule is O=[N+]([O-])c1cc(-c2nnsc2-c2cccnc2C(F)(F)F)cc(OCc2ccccc2)c1OCc1ccccc1. The van der Waals surface area contributed by atoms with Crippen LogP contribution in [-0.2, 0) is 19.4 Å². The zero-order valence-electron chi connectivity index (χ0n) is 20.5. The highest BCUT2D eigenvalue weighted by atomic mass is 32.1. The lowest BCUT2D eigenvalue weighted by atomic mass is 10.0. The summed E-state index contributed by atoms with van der Waals surface area (Å²) >= 11 is 0.727. The number of aromatic nitrogens is 3. The molecule has 2 heterocycles. The first-order chi connectivity index (χ1) is 19.3. The molecule has 40 heavy (non-hydrogen) atoms. The third kappa shape index (κ3) is 5.91. The summed E-state index contributed by atoms with van der Waals surface area (Å²) in [7, 11) is 0. The predicted molar refractivity (Wildman–Crippen MR) is 142 cm³/mol. The lowest BCUT2D eigenvalue weighted by Crippen LogP contribution is -2.09. The molecule has 8 nitrogen and oxygen atoms in total. The second-order valence-electron chi connectivity index (χ2n) is 8.48. The van der Waals surface area contributed by atoms with Gasteiger partial charge in [0.1, 0.15) is 18.9 Å². The molecule has 3 aromatic carbocycles. The molecule has 0 N–H and O–H groups in total. The smallest absolute Gasteiger partial charge is 0.433 e. The minimum absolute atomic E-state index is 0.0192. The van der Waals surface area contributed by atoms with Crippen molar-refractivity contribution in [3.8, 4) is 33.2 Å². The van der Waals surface area contributed by atoms with Crippen LogP contribution in [0.4, 0.5) is 18.9 Å². The van der Waals surface area contributed by atoms with Gasteiger partial charge in [-0.25, -0.2) is 0 Å². The Morgan fingerprint density at radius 2 is 1.52 bits per heavy atom. The highest BCUT2D eigenvalue weighted by molar-refractivity contribution is 7.10. The quantitative estimate of drug-likeness (QED) is 0.136. The number of halogens is 3. The molecule has 0 amide bonds. The molecule has 0 unspecified atom stereocenters. The molecule has 0 aliphatic rings. The highest BCUT2D eigenvalue weighted by Crippen LogP contribution is 2.45. The Morgan fingerprint density at radius 3 is 2.15 bits per heavy atom. The normalized spacial score (nSPS) is 11.3. The van der Waals surface area contributed by atoms with Crippen LogP contribution in [0.2, 0.25) is 0 Å². The van der Waals surface area contributed by atoms with Gasteiger partial charge in [-0.3, -0.25) is 15.1 Å². The molecule has 0 spiro atoms. The van der Waals surface area contributed by atoms with Crippen molar-refractivity contribution in [3.05, 3.63) is 118 Å². The first-order valence-corrected chi connectivity index (χ1v) is 12.6. The molecule has 0 aliphatic heterocycles. The molecule has 5 aromatic rings. The van der Waals surface area contributed by atoms with Gasteiger partial charge < -0.3 is 9.47 Å². The average Bonchev–Trinajstić information content (AvgIpc) is 3.45. The fourth-order valence-corrected chi connectivity index (χ4v) is 4.66. The van der Waals surface area contributed by atoms with Gasteiger partial charge in [0.05, 0.1) is 9.80 Å². The van der Waals surface area contributed by atoms with Gasteiger partial charge in [0, 0.05) is 23.4 Å². The standard InChI is InChI=1S/C28H19F3N4O4S/c29-28(30,31)27-21(12-7-13-32-27)26-24(33-34-40-26)20-14-22(35(36)37)25(39-17-19-10-5-2-6-11-19)23(15-20)38-16-18-8-3-1-4-9-18/h1-15H,16-17H2. The van der Waals surface area contributed by atoms with E-state index in [1.807, 2.05) is 60.7 Å². The van der Waals surface area contributed by atoms with Gasteiger partial charge in [-0.05, 0) is 40.9 Å². The van der Waals surface area contributed by atoms with Crippen molar-refractivity contribution in [3.63, 3.8) is 0 Å². The summed E-state index contributed by atoms with van der Waals surface area (Å²) in [5.74, 6) is -0.0826. The number of hydrogen-bond donors (Lipinski definition) is 0. The average molecular weight is 565 g/mol. The molecular formula is C28H19F3N4O4S. The summed E-state index contributed by atoms with van der Waals surface area (Å²) in [6.07, 6.45) is -3.69. The Bertz CT molecular complexity index is 1630. The third-order valence-electron chi connectivity index (χ3n) is 5.78. The number of nitrogens with zero attached hydrogens (tertiary/aromatic N) is 4. The molecule has 5 rings (SSSR count). The number of hydrogen-bond acceptors (Lipinski definition) is 8. The molecule has 12 heteroatoms. The lowest BCUT2D eigenvalue weighted by molar-refractivity contribution is -0.386. The Balaban J connectivity index is 1.61. The summed E-state index contributed by atoms with van der Waals surface area (Å²) < 4.78 is 56.9. The number of pyridine rings is 1. The van der Waals surface area contributed by atoms with E-state index in [2.05, 4.69) is 14.6 Å². The van der Waals surface area contributed by atoms with Crippen molar-refractivity contribution in [1.82, 2.24) is 14.6 Å². The molecular weight excluding hydrogens is 545 g/mol. The molecule has 202 valence electrons. The fourth-order valence-electron chi connectivity index (χ4n) is 3.95. The number of alkyl halides is 3. The summed E-state index contributed by atoms with van der Waals surface area (Å²) in [5.41, 5.74) is -0.0483. The van der Waals surface area contributed by atoms with Crippen LogP contribution in [-0.4, -0.2) is 19.5 Å². The summed E-state index contributed by atoms with van der Waals surface area (Å²) in [6, 6.07) is 23.5. The fraction of sp³-hybridized carbons (Fsp3) is 0.107. The van der Waals surface area contributed by atoms with Crippen LogP contribution in [0.15, 0.2) is 91.1 Å². The van der Waals surface area contributed by atoms with Crippen LogP contribution in [0.25, 0.3) is 21.7 Å². The van der Waals surface area contributed by atoms with E-state index in [9.17, 15) is 23.3 Å². The number of ether oxygens (including phenoxy) is 2. The van der Waals surface area contributed by atoms with E-state index in [1.165, 1.54) is 24.3 Å². The molecule has 0 bridgehead atoms. The zero-order valence-corrected chi connectivity index (χ0v) is 21.4. The van der Waals surface area contributed by atoms with Gasteiger partial charge in [-0.2, -0.15) is 13.2 Å². The van der Waals surface area contributed by atoms with Gasteiger partial charge in [0.25, 0.3) is 0 Å². The van der Waals surface area contributed by atoms with Crippen molar-refractivity contribution >= 4 is 17.2 Å². The van der Waals surface area contributed by atoms with Gasteiger partial charge in [-0.15, -0.1) is 5.10 Å². The van der Waals surface area contributed by atoms with Crippen molar-refractivity contribution in [2.45, 2.75) is 19.4 Å². The number of benzene rings is 3. The Kier molecular flexibility index (Phi) is 7.69. The zero-order chi connectivity index (χ0) is 28.1. The van der Waals surface area contributed by atoms with E-state index < -0.39 is 22.5 Å². The minimum Gasteiger partial charge on any atom is -0.485 e. The Morgan fingerprint density at radius 1 is 0.875 bits per heavy atom. The van der Waals surface area contributed by atoms with Crippen molar-refractivity contribution in [1.29, 1.82) is 0 Å². The van der Waals surface area contributed by atoms with E-state index in [0.717, 1.165) is 28.9 Å². The number of nitro groups is 1. The number of rotatable bonds is 9. The van der Waals surface area contributed by atoms with E-state index >= 15 is 0 Å². The second kappa shape index (κ2) is 11.5. The van der Waals surface area contributed by atoms with E-state index in [0.29, 0.717) is 0 Å². The van der Waals surface area contributed by atoms with Crippen LogP contribution >= 0.6 is 11.5 Å². The van der Waals surface area contributed by atoms with E-state index in [1.54, 1.807) is 0 Å². The van der Waals surface area contributed by atoms with E-state index in [-0.39, 0.29) is 46.4 Å². The maximum Gasteiger partial charge on any atom is 0.433 e. The van der Waals surface area contributed by atoms with Crippen molar-refractivity contribution in [2.24, 2.45) is 0 Å². The van der Waals surface area contributed by atoms with Crippen molar-refractivity contribution in [2.75, 3.05) is 0 Å². The van der Waals surface area contributed by atoms with Gasteiger partial charge in [-0.1, -0.05) is 65.2 Å².